The third-order valence-corrected chi connectivity index (χ3v) is 6.79. The van der Waals surface area contributed by atoms with Gasteiger partial charge in [0.2, 0.25) is 0 Å². The van der Waals surface area contributed by atoms with Gasteiger partial charge in [0.25, 0.3) is 0 Å². The summed E-state index contributed by atoms with van der Waals surface area (Å²) < 4.78 is 38.8. The molecule has 1 saturated carbocycles. The molecule has 4 nitrogen and oxygen atoms in total. The molecule has 0 unspecified atom stereocenters. The smallest absolute Gasteiger partial charge is 0.183 e. The molecule has 3 rings (SSSR count). The van der Waals surface area contributed by atoms with Crippen LogP contribution in [0.1, 0.15) is 11.5 Å². The lowest BCUT2D eigenvalue weighted by Crippen LogP contribution is -2.16. The highest BCUT2D eigenvalue weighted by Crippen LogP contribution is 2.62. The highest BCUT2D eigenvalue weighted by Gasteiger charge is 2.72. The maximum Gasteiger partial charge on any atom is 0.183 e. The van der Waals surface area contributed by atoms with Gasteiger partial charge in [-0.25, -0.2) is 12.8 Å². The second-order valence-electron chi connectivity index (χ2n) is 5.61. The molecule has 0 aliphatic heterocycles. The van der Waals surface area contributed by atoms with Crippen LogP contribution in [0.3, 0.4) is 0 Å². The normalized spacial score (nSPS) is 25.7. The molecular formula is C17H11ClFNO3S. The summed E-state index contributed by atoms with van der Waals surface area (Å²) in [6.07, 6.45) is 0.374. The van der Waals surface area contributed by atoms with Crippen LogP contribution in [0.5, 0.6) is 0 Å². The van der Waals surface area contributed by atoms with Crippen molar-refractivity contribution in [1.29, 1.82) is 5.26 Å². The number of rotatable bonds is 4. The van der Waals surface area contributed by atoms with Gasteiger partial charge in [-0.2, -0.15) is 5.26 Å². The number of sulfone groups is 1. The fourth-order valence-electron chi connectivity index (χ4n) is 3.00. The fourth-order valence-corrected chi connectivity index (χ4v) is 5.37. The van der Waals surface area contributed by atoms with Gasteiger partial charge in [0.1, 0.15) is 22.8 Å². The van der Waals surface area contributed by atoms with E-state index in [4.69, 9.17) is 11.6 Å². The summed E-state index contributed by atoms with van der Waals surface area (Å²) in [6.45, 7) is 0. The molecule has 0 N–H and O–H groups in total. The lowest BCUT2D eigenvalue weighted by molar-refractivity contribution is -0.110. The molecular weight excluding hydrogens is 353 g/mol. The van der Waals surface area contributed by atoms with Crippen LogP contribution in [-0.4, -0.2) is 20.0 Å². The Hall–Kier alpha value is -2.23. The molecule has 2 aromatic rings. The van der Waals surface area contributed by atoms with Crippen molar-refractivity contribution in [2.24, 2.45) is 5.41 Å². The second-order valence-corrected chi connectivity index (χ2v) is 8.12. The number of halogens is 2. The van der Waals surface area contributed by atoms with E-state index >= 15 is 0 Å². The first kappa shape index (κ1) is 16.6. The van der Waals surface area contributed by atoms with Crippen molar-refractivity contribution < 1.29 is 17.6 Å². The molecule has 0 amide bonds. The van der Waals surface area contributed by atoms with Gasteiger partial charge >= 0.3 is 0 Å². The highest BCUT2D eigenvalue weighted by molar-refractivity contribution is 7.92. The van der Waals surface area contributed by atoms with E-state index in [1.165, 1.54) is 48.5 Å². The highest BCUT2D eigenvalue weighted by atomic mass is 35.5. The first-order valence-corrected chi connectivity index (χ1v) is 8.92. The Kier molecular flexibility index (Phi) is 3.94. The number of nitrogens with zero attached hydrogens (tertiary/aromatic N) is 1. The SMILES string of the molecule is N#C[C@@]1(C=O)[C@H](c2ccc(F)cc2)[C@@H]1S(=O)(=O)c1ccc(Cl)cc1. The van der Waals surface area contributed by atoms with Gasteiger partial charge in [0, 0.05) is 10.9 Å². The molecule has 0 saturated heterocycles. The Morgan fingerprint density at radius 1 is 1.12 bits per heavy atom. The minimum absolute atomic E-state index is 0.0111. The van der Waals surface area contributed by atoms with Crippen LogP contribution in [0, 0.1) is 22.6 Å². The Morgan fingerprint density at radius 2 is 1.71 bits per heavy atom. The zero-order chi connectivity index (χ0) is 17.5. The molecule has 0 aromatic heterocycles. The second kappa shape index (κ2) is 5.69. The van der Waals surface area contributed by atoms with Crippen LogP contribution < -0.4 is 0 Å². The molecule has 122 valence electrons. The molecule has 24 heavy (non-hydrogen) atoms. The van der Waals surface area contributed by atoms with Crippen molar-refractivity contribution in [3.63, 3.8) is 0 Å². The molecule has 2 aromatic carbocycles. The van der Waals surface area contributed by atoms with E-state index in [9.17, 15) is 22.9 Å². The van der Waals surface area contributed by atoms with Crippen molar-refractivity contribution in [1.82, 2.24) is 0 Å². The predicted molar refractivity (Wildman–Crippen MR) is 85.7 cm³/mol. The summed E-state index contributed by atoms with van der Waals surface area (Å²) in [5, 5.41) is 8.59. The first-order valence-electron chi connectivity index (χ1n) is 6.99. The minimum atomic E-state index is -3.93. The van der Waals surface area contributed by atoms with Crippen LogP contribution in [0.15, 0.2) is 53.4 Å². The van der Waals surface area contributed by atoms with Gasteiger partial charge in [-0.15, -0.1) is 0 Å². The number of hydrogen-bond acceptors (Lipinski definition) is 4. The Balaban J connectivity index is 2.08. The van der Waals surface area contributed by atoms with Gasteiger partial charge in [-0.1, -0.05) is 23.7 Å². The number of carbonyl (C=O) groups is 1. The summed E-state index contributed by atoms with van der Waals surface area (Å²) in [7, 11) is -3.93. The van der Waals surface area contributed by atoms with Gasteiger partial charge in [0.05, 0.1) is 11.0 Å². The third kappa shape index (κ3) is 2.41. The van der Waals surface area contributed by atoms with E-state index in [-0.39, 0.29) is 4.90 Å². The maximum atomic E-state index is 13.1. The monoisotopic (exact) mass is 363 g/mol. The Bertz CT molecular complexity index is 935. The van der Waals surface area contributed by atoms with E-state index in [0.29, 0.717) is 16.9 Å². The zero-order valence-corrected chi connectivity index (χ0v) is 13.8. The van der Waals surface area contributed by atoms with Crippen LogP contribution in [0.4, 0.5) is 4.39 Å². The van der Waals surface area contributed by atoms with Crippen LogP contribution in [0.2, 0.25) is 5.02 Å². The summed E-state index contributed by atoms with van der Waals surface area (Å²) in [4.78, 5) is 11.5. The summed E-state index contributed by atoms with van der Waals surface area (Å²) >= 11 is 5.77. The topological polar surface area (TPSA) is 75.0 Å². The molecule has 0 radical (unpaired) electrons. The Morgan fingerprint density at radius 3 is 2.21 bits per heavy atom. The standard InChI is InChI=1S/C17H11ClFNO3S/c18-12-3-7-14(8-4-12)24(22,23)16-15(17(16,9-20)10-21)11-1-5-13(19)6-2-11/h1-8,10,15-16H/t15-,16+,17-/m1/s1. The predicted octanol–water partition coefficient (Wildman–Crippen LogP) is 3.13. The number of nitriles is 1. The van der Waals surface area contributed by atoms with Crippen molar-refractivity contribution in [2.75, 3.05) is 0 Å². The van der Waals surface area contributed by atoms with E-state index in [0.717, 1.165) is 0 Å². The molecule has 1 fully saturated rings. The van der Waals surface area contributed by atoms with E-state index in [1.807, 2.05) is 6.07 Å². The van der Waals surface area contributed by atoms with Gasteiger partial charge in [0.15, 0.2) is 9.84 Å². The van der Waals surface area contributed by atoms with Crippen LogP contribution in [0.25, 0.3) is 0 Å². The molecule has 0 spiro atoms. The fraction of sp³-hybridized carbons (Fsp3) is 0.176. The molecule has 0 heterocycles. The maximum absolute atomic E-state index is 13.1. The third-order valence-electron chi connectivity index (χ3n) is 4.27. The number of benzene rings is 2. The number of aldehydes is 1. The van der Waals surface area contributed by atoms with E-state index in [2.05, 4.69) is 0 Å². The summed E-state index contributed by atoms with van der Waals surface area (Å²) in [5.41, 5.74) is -1.23. The number of carbonyl (C=O) groups excluding carboxylic acids is 1. The van der Waals surface area contributed by atoms with Gasteiger partial charge < -0.3 is 4.79 Å². The molecule has 3 atom stereocenters. The number of hydrogen-bond donors (Lipinski definition) is 0. The van der Waals surface area contributed by atoms with Crippen molar-refractivity contribution in [3.05, 3.63) is 64.9 Å². The molecule has 0 bridgehead atoms. The van der Waals surface area contributed by atoms with E-state index in [1.54, 1.807) is 0 Å². The summed E-state index contributed by atoms with van der Waals surface area (Å²) in [6, 6.07) is 12.5. The Labute approximate surface area is 143 Å². The van der Waals surface area contributed by atoms with E-state index < -0.39 is 32.2 Å². The zero-order valence-electron chi connectivity index (χ0n) is 12.2. The molecule has 7 heteroatoms. The summed E-state index contributed by atoms with van der Waals surface area (Å²) in [5.74, 6) is -1.31. The van der Waals surface area contributed by atoms with Crippen molar-refractivity contribution in [2.45, 2.75) is 16.1 Å². The van der Waals surface area contributed by atoms with Gasteiger partial charge in [-0.3, -0.25) is 0 Å². The quantitative estimate of drug-likeness (QED) is 0.782. The van der Waals surface area contributed by atoms with Crippen LogP contribution in [-0.2, 0) is 14.6 Å². The molecule has 1 aliphatic rings. The average Bonchev–Trinajstić information content (AvgIpc) is 3.26. The molecule has 1 aliphatic carbocycles. The van der Waals surface area contributed by atoms with Crippen molar-refractivity contribution >= 4 is 27.7 Å². The van der Waals surface area contributed by atoms with Crippen molar-refractivity contribution in [3.8, 4) is 6.07 Å². The average molecular weight is 364 g/mol. The lowest BCUT2D eigenvalue weighted by atomic mass is 10.0. The van der Waals surface area contributed by atoms with Gasteiger partial charge in [-0.05, 0) is 42.0 Å². The largest absolute Gasteiger partial charge is 0.302 e. The van der Waals surface area contributed by atoms with Crippen LogP contribution >= 0.6 is 11.6 Å². The first-order chi connectivity index (χ1) is 11.4. The minimum Gasteiger partial charge on any atom is -0.302 e. The lowest BCUT2D eigenvalue weighted by Gasteiger charge is -2.04.